The molecule has 5 aromatic carbocycles. The maximum atomic E-state index is 4.55. The molecule has 0 aliphatic carbocycles. The van der Waals surface area contributed by atoms with Crippen LogP contribution < -0.4 is 4.90 Å². The maximum Gasteiger partial charge on any atom is 0.113 e. The summed E-state index contributed by atoms with van der Waals surface area (Å²) < 4.78 is 1.95. The summed E-state index contributed by atoms with van der Waals surface area (Å²) in [4.78, 5) is 2.64. The Morgan fingerprint density at radius 2 is 0.932 bits per heavy atom. The van der Waals surface area contributed by atoms with Crippen molar-refractivity contribution < 1.29 is 0 Å². The minimum absolute atomic E-state index is 0.660. The molecular formula is C55H70N4. The molecule has 0 radical (unpaired) electrons. The zero-order chi connectivity index (χ0) is 40.7. The molecule has 0 saturated carbocycles. The quantitative estimate of drug-likeness (QED) is 0.0312. The first-order valence-corrected chi connectivity index (χ1v) is 23.5. The van der Waals surface area contributed by atoms with E-state index in [9.17, 15) is 0 Å². The van der Waals surface area contributed by atoms with Gasteiger partial charge in [0, 0.05) is 35.5 Å². The number of fused-ring (bicyclic) bond motifs is 2. The van der Waals surface area contributed by atoms with Gasteiger partial charge in [-0.15, -0.1) is 5.10 Å². The Hall–Kier alpha value is -4.88. The molecule has 0 aliphatic heterocycles. The van der Waals surface area contributed by atoms with Crippen LogP contribution in [0.15, 0.2) is 109 Å². The average molecular weight is 787 g/mol. The fraction of sp³-hybridized carbons (Fsp3) is 0.455. The normalized spacial score (nSPS) is 11.3. The predicted molar refractivity (Wildman–Crippen MR) is 254 cm³/mol. The molecule has 0 atom stereocenters. The van der Waals surface area contributed by atoms with Crippen LogP contribution in [0.5, 0.6) is 0 Å². The lowest BCUT2D eigenvalue weighted by Gasteiger charge is -2.25. The Kier molecular flexibility index (Phi) is 18.4. The third-order valence-corrected chi connectivity index (χ3v) is 12.1. The van der Waals surface area contributed by atoms with Crippen molar-refractivity contribution in [3.8, 4) is 23.1 Å². The van der Waals surface area contributed by atoms with Crippen LogP contribution in [-0.4, -0.2) is 28.1 Å². The van der Waals surface area contributed by atoms with Crippen LogP contribution in [0, 0.1) is 11.8 Å². The summed E-state index contributed by atoms with van der Waals surface area (Å²) in [5.41, 5.74) is 6.57. The van der Waals surface area contributed by atoms with Gasteiger partial charge in [-0.3, -0.25) is 0 Å². The van der Waals surface area contributed by atoms with Crippen LogP contribution in [0.4, 0.5) is 5.69 Å². The summed E-state index contributed by atoms with van der Waals surface area (Å²) >= 11 is 0. The molecule has 0 amide bonds. The van der Waals surface area contributed by atoms with E-state index in [1.165, 1.54) is 161 Å². The van der Waals surface area contributed by atoms with E-state index in [1.54, 1.807) is 0 Å². The standard InChI is InChI=1S/C55H70N4/c1-3-5-7-9-11-13-15-17-19-25-41-58(42-26-20-18-16-14-12-10-8-6-4-2)51-39-35-47(36-40-51)32-31-46-33-37-48(38-34-46)55-45-59(57-56-55)44-54-52-29-23-21-27-49(52)43-50-28-22-24-30-53(50)54/h21-24,27-30,33-40,43,45H,3-20,25-26,41-42,44H2,1-2H3. The molecular weight excluding hydrogens is 717 g/mol. The Morgan fingerprint density at radius 1 is 0.492 bits per heavy atom. The van der Waals surface area contributed by atoms with Gasteiger partial charge in [-0.25, -0.2) is 4.68 Å². The highest BCUT2D eigenvalue weighted by atomic mass is 15.4. The number of hydrogen-bond donors (Lipinski definition) is 0. The number of nitrogens with zero attached hydrogens (tertiary/aromatic N) is 4. The fourth-order valence-electron chi connectivity index (χ4n) is 8.52. The third-order valence-electron chi connectivity index (χ3n) is 12.1. The Bertz CT molecular complexity index is 2070. The number of unbranched alkanes of at least 4 members (excludes halogenated alkanes) is 18. The van der Waals surface area contributed by atoms with Gasteiger partial charge >= 0.3 is 0 Å². The van der Waals surface area contributed by atoms with Gasteiger partial charge in [0.1, 0.15) is 5.69 Å². The van der Waals surface area contributed by atoms with Crippen molar-refractivity contribution in [2.75, 3.05) is 18.0 Å². The van der Waals surface area contributed by atoms with E-state index in [-0.39, 0.29) is 0 Å². The summed E-state index contributed by atoms with van der Waals surface area (Å²) in [6.07, 6.45) is 29.6. The lowest BCUT2D eigenvalue weighted by Crippen LogP contribution is -2.25. The van der Waals surface area contributed by atoms with Crippen LogP contribution in [0.3, 0.4) is 0 Å². The van der Waals surface area contributed by atoms with Crippen molar-refractivity contribution in [1.82, 2.24) is 15.0 Å². The minimum Gasteiger partial charge on any atom is -0.372 e. The second-order valence-electron chi connectivity index (χ2n) is 16.8. The smallest absolute Gasteiger partial charge is 0.113 e. The predicted octanol–water partition coefficient (Wildman–Crippen LogP) is 15.3. The molecule has 0 N–H and O–H groups in total. The number of benzene rings is 5. The van der Waals surface area contributed by atoms with E-state index < -0.39 is 0 Å². The van der Waals surface area contributed by atoms with Crippen molar-refractivity contribution in [2.45, 2.75) is 149 Å². The highest BCUT2D eigenvalue weighted by molar-refractivity contribution is 6.02. The number of rotatable bonds is 26. The van der Waals surface area contributed by atoms with Gasteiger partial charge in [0.15, 0.2) is 0 Å². The van der Waals surface area contributed by atoms with Crippen molar-refractivity contribution >= 4 is 27.2 Å². The van der Waals surface area contributed by atoms with E-state index >= 15 is 0 Å². The second kappa shape index (κ2) is 24.9. The summed E-state index contributed by atoms with van der Waals surface area (Å²) in [5, 5.41) is 14.1. The fourth-order valence-corrected chi connectivity index (χ4v) is 8.52. The molecule has 0 aliphatic rings. The van der Waals surface area contributed by atoms with Gasteiger partial charge in [-0.05, 0) is 82.4 Å². The summed E-state index contributed by atoms with van der Waals surface area (Å²) in [5.74, 6) is 6.82. The molecule has 0 saturated heterocycles. The summed E-state index contributed by atoms with van der Waals surface area (Å²) in [6.45, 7) is 7.57. The van der Waals surface area contributed by atoms with E-state index in [0.29, 0.717) is 6.54 Å². The first-order chi connectivity index (χ1) is 29.2. The maximum absolute atomic E-state index is 4.55. The molecule has 6 aromatic rings. The summed E-state index contributed by atoms with van der Waals surface area (Å²) in [7, 11) is 0. The van der Waals surface area contributed by atoms with Gasteiger partial charge in [0.25, 0.3) is 0 Å². The first kappa shape index (κ1) is 43.7. The number of aromatic nitrogens is 3. The molecule has 6 rings (SSSR count). The van der Waals surface area contributed by atoms with Gasteiger partial charge in [-0.2, -0.15) is 0 Å². The molecule has 4 heteroatoms. The lowest BCUT2D eigenvalue weighted by molar-refractivity contribution is 0.543. The monoisotopic (exact) mass is 787 g/mol. The van der Waals surface area contributed by atoms with E-state index in [4.69, 9.17) is 0 Å². The van der Waals surface area contributed by atoms with Crippen LogP contribution >= 0.6 is 0 Å². The number of hydrogen-bond acceptors (Lipinski definition) is 3. The topological polar surface area (TPSA) is 34.0 Å². The Balaban J connectivity index is 1.01. The average Bonchev–Trinajstić information content (AvgIpc) is 3.75. The minimum atomic E-state index is 0.660. The highest BCUT2D eigenvalue weighted by Gasteiger charge is 2.11. The van der Waals surface area contributed by atoms with E-state index in [2.05, 4.69) is 150 Å². The molecule has 1 heterocycles. The zero-order valence-electron chi connectivity index (χ0n) is 36.4. The summed E-state index contributed by atoms with van der Waals surface area (Å²) in [6, 6.07) is 36.9. The Labute approximate surface area is 356 Å². The Morgan fingerprint density at radius 3 is 1.42 bits per heavy atom. The largest absolute Gasteiger partial charge is 0.372 e. The van der Waals surface area contributed by atoms with Gasteiger partial charge in [0.05, 0.1) is 12.7 Å². The van der Waals surface area contributed by atoms with Crippen molar-refractivity contribution in [3.05, 3.63) is 126 Å². The molecule has 0 fully saturated rings. The molecule has 59 heavy (non-hydrogen) atoms. The van der Waals surface area contributed by atoms with Crippen LogP contribution in [0.1, 0.15) is 159 Å². The number of anilines is 1. The third kappa shape index (κ3) is 14.1. The molecule has 4 nitrogen and oxygen atoms in total. The molecule has 0 spiro atoms. The van der Waals surface area contributed by atoms with Crippen molar-refractivity contribution in [1.29, 1.82) is 0 Å². The van der Waals surface area contributed by atoms with Crippen molar-refractivity contribution in [2.24, 2.45) is 0 Å². The highest BCUT2D eigenvalue weighted by Crippen LogP contribution is 2.29. The van der Waals surface area contributed by atoms with Gasteiger partial charge in [-0.1, -0.05) is 207 Å². The van der Waals surface area contributed by atoms with Crippen LogP contribution in [0.2, 0.25) is 0 Å². The molecule has 1 aromatic heterocycles. The second-order valence-corrected chi connectivity index (χ2v) is 16.8. The molecule has 310 valence electrons. The van der Waals surface area contributed by atoms with Crippen LogP contribution in [0.25, 0.3) is 32.8 Å². The van der Waals surface area contributed by atoms with Crippen LogP contribution in [-0.2, 0) is 6.54 Å². The lowest BCUT2D eigenvalue weighted by atomic mass is 9.97. The first-order valence-electron chi connectivity index (χ1n) is 23.5. The zero-order valence-corrected chi connectivity index (χ0v) is 36.4. The molecule has 0 unspecified atom stereocenters. The van der Waals surface area contributed by atoms with Gasteiger partial charge in [0.2, 0.25) is 0 Å². The SMILES string of the molecule is CCCCCCCCCCCCN(CCCCCCCCCCCC)c1ccc(C#Cc2ccc(-c3cn(Cc4c5ccccc5cc5ccccc45)nn3)cc2)cc1. The van der Waals surface area contributed by atoms with E-state index in [0.717, 1.165) is 35.5 Å². The van der Waals surface area contributed by atoms with Gasteiger partial charge < -0.3 is 4.90 Å². The van der Waals surface area contributed by atoms with Crippen molar-refractivity contribution in [3.63, 3.8) is 0 Å². The molecule has 0 bridgehead atoms. The van der Waals surface area contributed by atoms with E-state index in [1.807, 2.05) is 4.68 Å².